The fourth-order valence-corrected chi connectivity index (χ4v) is 2.97. The molecule has 6 nitrogen and oxygen atoms in total. The second-order valence-electron chi connectivity index (χ2n) is 5.89. The normalized spacial score (nSPS) is 20.0. The maximum atomic E-state index is 12.7. The molecule has 1 fully saturated rings. The van der Waals surface area contributed by atoms with E-state index in [0.717, 1.165) is 25.2 Å². The molecule has 0 bridgehead atoms. The Balaban J connectivity index is 0.00000144. The Morgan fingerprint density at radius 1 is 1.38 bits per heavy atom. The lowest BCUT2D eigenvalue weighted by molar-refractivity contribution is 0.0573. The molecule has 0 aliphatic carbocycles. The van der Waals surface area contributed by atoms with E-state index in [0.29, 0.717) is 18.0 Å². The minimum Gasteiger partial charge on any atom is -0.334 e. The van der Waals surface area contributed by atoms with Crippen molar-refractivity contribution in [3.05, 3.63) is 42.6 Å². The molecular formula is C16H23Cl2N5O. The highest BCUT2D eigenvalue weighted by molar-refractivity contribution is 5.94. The van der Waals surface area contributed by atoms with E-state index in [1.807, 2.05) is 23.2 Å². The van der Waals surface area contributed by atoms with Crippen LogP contribution in [0.25, 0.3) is 5.82 Å². The minimum absolute atomic E-state index is 0. The van der Waals surface area contributed by atoms with E-state index >= 15 is 0 Å². The average Bonchev–Trinajstić information content (AvgIpc) is 3.08. The van der Waals surface area contributed by atoms with Crippen LogP contribution in [0.1, 0.15) is 30.1 Å². The molecule has 2 aromatic heterocycles. The summed E-state index contributed by atoms with van der Waals surface area (Å²) in [4.78, 5) is 22.9. The fourth-order valence-electron chi connectivity index (χ4n) is 2.97. The standard InChI is InChI=1S/C16H21N5O.2ClH/c1-12-4-6-21(14(8-12)9-17)16(22)13-2-3-15(19-10-13)20-7-5-18-11-20;;/h2-3,5,7,10-12,14H,4,6,8-9,17H2,1H3;2*1H. The van der Waals surface area contributed by atoms with Gasteiger partial charge in [-0.3, -0.25) is 9.36 Å². The van der Waals surface area contributed by atoms with Crippen molar-refractivity contribution in [1.82, 2.24) is 19.4 Å². The molecule has 0 aromatic carbocycles. The number of carbonyl (C=O) groups excluding carboxylic acids is 1. The highest BCUT2D eigenvalue weighted by Gasteiger charge is 2.29. The third-order valence-electron chi connectivity index (χ3n) is 4.27. The number of pyridine rings is 1. The van der Waals surface area contributed by atoms with Gasteiger partial charge in [-0.15, -0.1) is 24.8 Å². The van der Waals surface area contributed by atoms with Crippen LogP contribution in [0.4, 0.5) is 0 Å². The fraction of sp³-hybridized carbons (Fsp3) is 0.438. The van der Waals surface area contributed by atoms with Crippen molar-refractivity contribution < 1.29 is 4.79 Å². The first kappa shape index (κ1) is 20.4. The summed E-state index contributed by atoms with van der Waals surface area (Å²) in [6.45, 7) is 3.49. The molecule has 1 aliphatic rings. The van der Waals surface area contributed by atoms with Gasteiger partial charge in [0.05, 0.1) is 5.56 Å². The summed E-state index contributed by atoms with van der Waals surface area (Å²) in [5.74, 6) is 1.39. The number of piperidine rings is 1. The number of nitrogens with two attached hydrogens (primary N) is 1. The SMILES string of the molecule is CC1CCN(C(=O)c2ccc(-n3ccnc3)nc2)C(CN)C1.Cl.Cl. The molecule has 3 rings (SSSR count). The third kappa shape index (κ3) is 4.26. The van der Waals surface area contributed by atoms with Crippen molar-refractivity contribution >= 4 is 30.7 Å². The number of hydrogen-bond donors (Lipinski definition) is 1. The average molecular weight is 372 g/mol. The van der Waals surface area contributed by atoms with Crippen LogP contribution in [-0.4, -0.2) is 44.5 Å². The number of imidazole rings is 1. The van der Waals surface area contributed by atoms with Crippen LogP contribution >= 0.6 is 24.8 Å². The zero-order chi connectivity index (χ0) is 15.5. The van der Waals surface area contributed by atoms with Gasteiger partial charge in [-0.1, -0.05) is 6.92 Å². The Hall–Kier alpha value is -1.63. The molecule has 24 heavy (non-hydrogen) atoms. The van der Waals surface area contributed by atoms with Crippen molar-refractivity contribution in [3.8, 4) is 5.82 Å². The lowest BCUT2D eigenvalue weighted by Gasteiger charge is -2.38. The highest BCUT2D eigenvalue weighted by Crippen LogP contribution is 2.23. The number of rotatable bonds is 3. The Kier molecular flexibility index (Phi) is 7.66. The molecule has 1 aliphatic heterocycles. The van der Waals surface area contributed by atoms with Crippen LogP contribution in [-0.2, 0) is 0 Å². The first-order valence-electron chi connectivity index (χ1n) is 7.64. The molecule has 8 heteroatoms. The quantitative estimate of drug-likeness (QED) is 0.897. The zero-order valence-corrected chi connectivity index (χ0v) is 15.2. The van der Waals surface area contributed by atoms with E-state index in [2.05, 4.69) is 16.9 Å². The van der Waals surface area contributed by atoms with E-state index in [1.54, 1.807) is 23.3 Å². The van der Waals surface area contributed by atoms with Gasteiger partial charge in [0.1, 0.15) is 12.1 Å². The Morgan fingerprint density at radius 2 is 2.17 bits per heavy atom. The predicted molar refractivity (Wildman–Crippen MR) is 98.1 cm³/mol. The Labute approximate surface area is 154 Å². The van der Waals surface area contributed by atoms with Gasteiger partial charge in [-0.05, 0) is 30.9 Å². The molecule has 3 heterocycles. The smallest absolute Gasteiger partial charge is 0.255 e. The van der Waals surface area contributed by atoms with Gasteiger partial charge in [-0.25, -0.2) is 9.97 Å². The number of nitrogens with zero attached hydrogens (tertiary/aromatic N) is 4. The minimum atomic E-state index is 0. The molecule has 2 aromatic rings. The first-order valence-corrected chi connectivity index (χ1v) is 7.64. The molecule has 2 atom stereocenters. The molecule has 1 amide bonds. The van der Waals surface area contributed by atoms with Crippen LogP contribution in [0.2, 0.25) is 0 Å². The van der Waals surface area contributed by atoms with E-state index in [-0.39, 0.29) is 36.8 Å². The molecule has 0 saturated carbocycles. The summed E-state index contributed by atoms with van der Waals surface area (Å²) in [6.07, 6.45) is 8.83. The zero-order valence-electron chi connectivity index (χ0n) is 13.5. The van der Waals surface area contributed by atoms with Gasteiger partial charge >= 0.3 is 0 Å². The molecule has 132 valence electrons. The lowest BCUT2D eigenvalue weighted by Crippen LogP contribution is -2.49. The number of carbonyl (C=O) groups is 1. The number of amides is 1. The van der Waals surface area contributed by atoms with E-state index < -0.39 is 0 Å². The Morgan fingerprint density at radius 3 is 2.75 bits per heavy atom. The number of likely N-dealkylation sites (tertiary alicyclic amines) is 1. The third-order valence-corrected chi connectivity index (χ3v) is 4.27. The van der Waals surface area contributed by atoms with Gasteiger partial charge in [0.15, 0.2) is 0 Å². The maximum absolute atomic E-state index is 12.7. The number of halogens is 2. The second kappa shape index (κ2) is 9.01. The Bertz CT molecular complexity index is 632. The van der Waals surface area contributed by atoms with Crippen molar-refractivity contribution in [2.75, 3.05) is 13.1 Å². The largest absolute Gasteiger partial charge is 0.334 e. The highest BCUT2D eigenvalue weighted by atomic mass is 35.5. The van der Waals surface area contributed by atoms with Gasteiger partial charge in [0, 0.05) is 37.7 Å². The van der Waals surface area contributed by atoms with Crippen LogP contribution in [0.5, 0.6) is 0 Å². The number of aromatic nitrogens is 3. The molecule has 1 saturated heterocycles. The molecule has 0 radical (unpaired) electrons. The topological polar surface area (TPSA) is 77.0 Å². The van der Waals surface area contributed by atoms with Gasteiger partial charge in [0.25, 0.3) is 5.91 Å². The molecule has 0 spiro atoms. The van der Waals surface area contributed by atoms with Gasteiger partial charge in [0.2, 0.25) is 0 Å². The maximum Gasteiger partial charge on any atom is 0.255 e. The number of hydrogen-bond acceptors (Lipinski definition) is 4. The summed E-state index contributed by atoms with van der Waals surface area (Å²) >= 11 is 0. The van der Waals surface area contributed by atoms with E-state index in [4.69, 9.17) is 5.73 Å². The molecule has 2 unspecified atom stereocenters. The van der Waals surface area contributed by atoms with Crippen molar-refractivity contribution in [2.24, 2.45) is 11.7 Å². The van der Waals surface area contributed by atoms with Crippen molar-refractivity contribution in [1.29, 1.82) is 0 Å². The van der Waals surface area contributed by atoms with Crippen LogP contribution < -0.4 is 5.73 Å². The van der Waals surface area contributed by atoms with Crippen LogP contribution in [0.3, 0.4) is 0 Å². The monoisotopic (exact) mass is 371 g/mol. The van der Waals surface area contributed by atoms with Crippen molar-refractivity contribution in [3.63, 3.8) is 0 Å². The summed E-state index contributed by atoms with van der Waals surface area (Å²) in [6, 6.07) is 3.78. The van der Waals surface area contributed by atoms with Crippen LogP contribution in [0.15, 0.2) is 37.1 Å². The predicted octanol–water partition coefficient (Wildman–Crippen LogP) is 2.31. The first-order chi connectivity index (χ1) is 10.7. The molecular weight excluding hydrogens is 349 g/mol. The second-order valence-corrected chi connectivity index (χ2v) is 5.89. The summed E-state index contributed by atoms with van der Waals surface area (Å²) in [5, 5.41) is 0. The van der Waals surface area contributed by atoms with Crippen LogP contribution in [0, 0.1) is 5.92 Å². The lowest BCUT2D eigenvalue weighted by atomic mass is 9.92. The van der Waals surface area contributed by atoms with Crippen molar-refractivity contribution in [2.45, 2.75) is 25.8 Å². The summed E-state index contributed by atoms with van der Waals surface area (Å²) in [7, 11) is 0. The van der Waals surface area contributed by atoms with Gasteiger partial charge < -0.3 is 10.6 Å². The summed E-state index contributed by atoms with van der Waals surface area (Å²) in [5.41, 5.74) is 6.45. The summed E-state index contributed by atoms with van der Waals surface area (Å²) < 4.78 is 1.81. The van der Waals surface area contributed by atoms with Gasteiger partial charge in [-0.2, -0.15) is 0 Å². The van der Waals surface area contributed by atoms with E-state index in [1.165, 1.54) is 0 Å². The molecule has 2 N–H and O–H groups in total. The van der Waals surface area contributed by atoms with E-state index in [9.17, 15) is 4.79 Å².